The Labute approximate surface area is 109 Å². The van der Waals surface area contributed by atoms with Crippen LogP contribution >= 0.6 is 0 Å². The SMILES string of the molecule is CCOC(=O)c1n[nH]c(COc2cccc(N)c2)n1. The summed E-state index contributed by atoms with van der Waals surface area (Å²) in [5.74, 6) is 0.488. The molecule has 7 nitrogen and oxygen atoms in total. The molecule has 100 valence electrons. The number of rotatable bonds is 5. The van der Waals surface area contributed by atoms with Gasteiger partial charge in [0.25, 0.3) is 5.82 Å². The lowest BCUT2D eigenvalue weighted by molar-refractivity contribution is 0.0512. The number of hydrogen-bond donors (Lipinski definition) is 2. The standard InChI is InChI=1S/C12H14N4O3/c1-2-18-12(17)11-14-10(15-16-11)7-19-9-5-3-4-8(13)6-9/h3-6H,2,7,13H2,1H3,(H,14,15,16). The lowest BCUT2D eigenvalue weighted by Crippen LogP contribution is -2.07. The maximum Gasteiger partial charge on any atom is 0.378 e. The van der Waals surface area contributed by atoms with Crippen molar-refractivity contribution in [2.24, 2.45) is 0 Å². The number of ether oxygens (including phenoxy) is 2. The minimum Gasteiger partial charge on any atom is -0.486 e. The maximum atomic E-state index is 11.4. The molecule has 0 bridgehead atoms. The molecule has 2 rings (SSSR count). The Morgan fingerprint density at radius 3 is 3.05 bits per heavy atom. The summed E-state index contributed by atoms with van der Waals surface area (Å²) in [6.45, 7) is 2.16. The van der Waals surface area contributed by atoms with E-state index in [4.69, 9.17) is 15.2 Å². The zero-order valence-corrected chi connectivity index (χ0v) is 10.4. The molecule has 1 aromatic carbocycles. The van der Waals surface area contributed by atoms with Crippen molar-refractivity contribution in [1.82, 2.24) is 15.2 Å². The number of aromatic nitrogens is 3. The quantitative estimate of drug-likeness (QED) is 0.618. The normalized spacial score (nSPS) is 10.2. The minimum absolute atomic E-state index is 0.00646. The third-order valence-corrected chi connectivity index (χ3v) is 2.22. The van der Waals surface area contributed by atoms with E-state index >= 15 is 0 Å². The lowest BCUT2D eigenvalue weighted by Gasteiger charge is -2.03. The number of carbonyl (C=O) groups excluding carboxylic acids is 1. The number of esters is 1. The Morgan fingerprint density at radius 2 is 2.32 bits per heavy atom. The van der Waals surface area contributed by atoms with E-state index in [0.29, 0.717) is 17.3 Å². The number of nitrogens with two attached hydrogens (primary N) is 1. The Balaban J connectivity index is 1.95. The molecule has 0 aliphatic rings. The van der Waals surface area contributed by atoms with Crippen LogP contribution < -0.4 is 10.5 Å². The fourth-order valence-electron chi connectivity index (χ4n) is 1.40. The van der Waals surface area contributed by atoms with Gasteiger partial charge in [-0.15, -0.1) is 5.10 Å². The molecule has 19 heavy (non-hydrogen) atoms. The molecule has 1 aromatic heterocycles. The highest BCUT2D eigenvalue weighted by Crippen LogP contribution is 2.15. The van der Waals surface area contributed by atoms with Crippen molar-refractivity contribution in [3.63, 3.8) is 0 Å². The van der Waals surface area contributed by atoms with E-state index < -0.39 is 5.97 Å². The topological polar surface area (TPSA) is 103 Å². The van der Waals surface area contributed by atoms with Crippen molar-refractivity contribution >= 4 is 11.7 Å². The Morgan fingerprint density at radius 1 is 1.47 bits per heavy atom. The van der Waals surface area contributed by atoms with Gasteiger partial charge in [-0.1, -0.05) is 6.07 Å². The van der Waals surface area contributed by atoms with Gasteiger partial charge in [0.2, 0.25) is 0 Å². The number of benzene rings is 1. The van der Waals surface area contributed by atoms with Crippen LogP contribution in [0.15, 0.2) is 24.3 Å². The predicted molar refractivity (Wildman–Crippen MR) is 67.5 cm³/mol. The molecule has 0 atom stereocenters. The first-order chi connectivity index (χ1) is 9.19. The zero-order valence-electron chi connectivity index (χ0n) is 10.4. The second-order valence-corrected chi connectivity index (χ2v) is 3.69. The van der Waals surface area contributed by atoms with E-state index in [9.17, 15) is 4.79 Å². The van der Waals surface area contributed by atoms with Gasteiger partial charge in [-0.2, -0.15) is 0 Å². The first-order valence-electron chi connectivity index (χ1n) is 5.75. The van der Waals surface area contributed by atoms with Gasteiger partial charge in [0.1, 0.15) is 12.4 Å². The maximum absolute atomic E-state index is 11.4. The fraction of sp³-hybridized carbons (Fsp3) is 0.250. The summed E-state index contributed by atoms with van der Waals surface area (Å²) in [7, 11) is 0. The molecule has 0 unspecified atom stereocenters. The Kier molecular flexibility index (Phi) is 3.97. The summed E-state index contributed by atoms with van der Waals surface area (Å²) >= 11 is 0. The van der Waals surface area contributed by atoms with E-state index in [0.717, 1.165) is 0 Å². The zero-order chi connectivity index (χ0) is 13.7. The molecular formula is C12H14N4O3. The van der Waals surface area contributed by atoms with E-state index in [1.54, 1.807) is 31.2 Å². The van der Waals surface area contributed by atoms with Crippen LogP contribution in [0.5, 0.6) is 5.75 Å². The third-order valence-electron chi connectivity index (χ3n) is 2.22. The van der Waals surface area contributed by atoms with Crippen molar-refractivity contribution in [3.05, 3.63) is 35.9 Å². The first-order valence-corrected chi connectivity index (χ1v) is 5.75. The average Bonchev–Trinajstić information content (AvgIpc) is 2.86. The van der Waals surface area contributed by atoms with E-state index in [-0.39, 0.29) is 19.0 Å². The molecular weight excluding hydrogens is 248 g/mol. The fourth-order valence-corrected chi connectivity index (χ4v) is 1.40. The molecule has 0 aliphatic heterocycles. The van der Waals surface area contributed by atoms with Crippen LogP contribution in [-0.2, 0) is 11.3 Å². The van der Waals surface area contributed by atoms with Crippen LogP contribution in [0.2, 0.25) is 0 Å². The number of hydrogen-bond acceptors (Lipinski definition) is 6. The minimum atomic E-state index is -0.561. The highest BCUT2D eigenvalue weighted by molar-refractivity contribution is 5.84. The lowest BCUT2D eigenvalue weighted by atomic mass is 10.3. The second kappa shape index (κ2) is 5.85. The molecule has 0 fully saturated rings. The third kappa shape index (κ3) is 3.44. The van der Waals surface area contributed by atoms with Crippen molar-refractivity contribution in [2.45, 2.75) is 13.5 Å². The average molecular weight is 262 g/mol. The monoisotopic (exact) mass is 262 g/mol. The molecule has 0 spiro atoms. The molecule has 0 saturated carbocycles. The first kappa shape index (κ1) is 12.9. The highest BCUT2D eigenvalue weighted by atomic mass is 16.5. The molecule has 0 aliphatic carbocycles. The second-order valence-electron chi connectivity index (χ2n) is 3.69. The summed E-state index contributed by atoms with van der Waals surface area (Å²) in [6, 6.07) is 7.02. The molecule has 0 saturated heterocycles. The van der Waals surface area contributed by atoms with Crippen LogP contribution in [0.1, 0.15) is 23.4 Å². The van der Waals surface area contributed by atoms with Gasteiger partial charge in [-0.3, -0.25) is 5.10 Å². The summed E-state index contributed by atoms with van der Waals surface area (Å²) < 4.78 is 10.2. The van der Waals surface area contributed by atoms with Gasteiger partial charge in [0, 0.05) is 11.8 Å². The van der Waals surface area contributed by atoms with Crippen molar-refractivity contribution in [1.29, 1.82) is 0 Å². The van der Waals surface area contributed by atoms with Gasteiger partial charge in [0.05, 0.1) is 6.61 Å². The van der Waals surface area contributed by atoms with Gasteiger partial charge >= 0.3 is 5.97 Å². The number of nitrogens with one attached hydrogen (secondary N) is 1. The highest BCUT2D eigenvalue weighted by Gasteiger charge is 2.13. The van der Waals surface area contributed by atoms with E-state index in [2.05, 4.69) is 15.2 Å². The smallest absolute Gasteiger partial charge is 0.378 e. The van der Waals surface area contributed by atoms with Crippen LogP contribution in [0.4, 0.5) is 5.69 Å². The van der Waals surface area contributed by atoms with Crippen LogP contribution in [-0.4, -0.2) is 27.8 Å². The van der Waals surface area contributed by atoms with Gasteiger partial charge in [0.15, 0.2) is 5.82 Å². The number of carbonyl (C=O) groups is 1. The molecule has 0 amide bonds. The summed E-state index contributed by atoms with van der Waals surface area (Å²) in [5, 5.41) is 6.36. The number of nitrogens with zero attached hydrogens (tertiary/aromatic N) is 2. The molecule has 3 N–H and O–H groups in total. The summed E-state index contributed by atoms with van der Waals surface area (Å²) in [4.78, 5) is 15.3. The van der Waals surface area contributed by atoms with Gasteiger partial charge in [-0.25, -0.2) is 9.78 Å². The Hall–Kier alpha value is -2.57. The van der Waals surface area contributed by atoms with Crippen LogP contribution in [0.25, 0.3) is 0 Å². The molecule has 1 heterocycles. The summed E-state index contributed by atoms with van der Waals surface area (Å²) in [6.07, 6.45) is 0. The number of H-pyrrole nitrogens is 1. The van der Waals surface area contributed by atoms with Gasteiger partial charge in [-0.05, 0) is 19.1 Å². The Bertz CT molecular complexity index is 568. The van der Waals surface area contributed by atoms with Gasteiger partial charge < -0.3 is 15.2 Å². The number of nitrogen functional groups attached to an aromatic ring is 1. The molecule has 7 heteroatoms. The largest absolute Gasteiger partial charge is 0.486 e. The number of anilines is 1. The van der Waals surface area contributed by atoms with Crippen molar-refractivity contribution < 1.29 is 14.3 Å². The van der Waals surface area contributed by atoms with Crippen LogP contribution in [0.3, 0.4) is 0 Å². The van der Waals surface area contributed by atoms with E-state index in [1.165, 1.54) is 0 Å². The number of aromatic amines is 1. The van der Waals surface area contributed by atoms with Crippen molar-refractivity contribution in [2.75, 3.05) is 12.3 Å². The van der Waals surface area contributed by atoms with E-state index in [1.807, 2.05) is 0 Å². The van der Waals surface area contributed by atoms with Crippen molar-refractivity contribution in [3.8, 4) is 5.75 Å². The van der Waals surface area contributed by atoms with Crippen LogP contribution in [0, 0.1) is 0 Å². The molecule has 2 aromatic rings. The molecule has 0 radical (unpaired) electrons. The summed E-state index contributed by atoms with van der Waals surface area (Å²) in [5.41, 5.74) is 6.24. The predicted octanol–water partition coefficient (Wildman–Crippen LogP) is 1.14.